The molecule has 2 heteroatoms. The highest BCUT2D eigenvalue weighted by molar-refractivity contribution is 7.55. The molecule has 0 aliphatic heterocycles. The Hall–Kier alpha value is -0.550. The molecule has 0 aliphatic rings. The summed E-state index contributed by atoms with van der Waals surface area (Å²) in [6, 6.07) is 9.98. The van der Waals surface area contributed by atoms with Gasteiger partial charge in [0, 0.05) is 6.16 Å². The first-order valence-electron chi connectivity index (χ1n) is 4.11. The van der Waals surface area contributed by atoms with Crippen molar-refractivity contribution in [2.75, 3.05) is 26.1 Å². The van der Waals surface area contributed by atoms with E-state index in [1.807, 2.05) is 30.3 Å². The van der Waals surface area contributed by atoms with Crippen molar-refractivity contribution in [3.8, 4) is 5.75 Å². The molecule has 66 valence electrons. The van der Waals surface area contributed by atoms with Crippen molar-refractivity contribution in [2.24, 2.45) is 0 Å². The molecule has 0 saturated carbocycles. The standard InChI is InChI=1S/C10H15OP/c1-12(2)9-8-11-10-6-4-3-5-7-10/h3-7H,8-9H2,1-2H3. The molecule has 1 nitrogen and oxygen atoms in total. The summed E-state index contributed by atoms with van der Waals surface area (Å²) in [5.74, 6) is 0.981. The fourth-order valence-corrected chi connectivity index (χ4v) is 1.32. The van der Waals surface area contributed by atoms with Crippen molar-refractivity contribution in [3.05, 3.63) is 30.3 Å². The molecule has 0 fully saturated rings. The van der Waals surface area contributed by atoms with E-state index in [1.165, 1.54) is 6.16 Å². The number of hydrogen-bond acceptors (Lipinski definition) is 1. The minimum absolute atomic E-state index is 0.178. The molecular formula is C10H15OP. The Labute approximate surface area is 75.5 Å². The van der Waals surface area contributed by atoms with Gasteiger partial charge in [-0.25, -0.2) is 0 Å². The van der Waals surface area contributed by atoms with E-state index in [2.05, 4.69) is 13.3 Å². The second-order valence-corrected chi connectivity index (χ2v) is 5.57. The zero-order chi connectivity index (χ0) is 8.81. The zero-order valence-electron chi connectivity index (χ0n) is 7.66. The molecule has 0 saturated heterocycles. The monoisotopic (exact) mass is 182 g/mol. The summed E-state index contributed by atoms with van der Waals surface area (Å²) >= 11 is 0. The van der Waals surface area contributed by atoms with Crippen LogP contribution in [-0.2, 0) is 0 Å². The summed E-state index contributed by atoms with van der Waals surface area (Å²) in [5, 5.41) is 0. The van der Waals surface area contributed by atoms with Crippen LogP contribution >= 0.6 is 7.92 Å². The van der Waals surface area contributed by atoms with Gasteiger partial charge in [0.1, 0.15) is 5.75 Å². The molecule has 0 aliphatic carbocycles. The average molecular weight is 182 g/mol. The van der Waals surface area contributed by atoms with Crippen LogP contribution in [0.2, 0.25) is 0 Å². The first kappa shape index (κ1) is 9.54. The van der Waals surface area contributed by atoms with Gasteiger partial charge in [-0.15, -0.1) is 7.92 Å². The van der Waals surface area contributed by atoms with Gasteiger partial charge in [0.25, 0.3) is 0 Å². The van der Waals surface area contributed by atoms with Gasteiger partial charge in [0.15, 0.2) is 0 Å². The highest BCUT2D eigenvalue weighted by Gasteiger charge is 1.93. The summed E-state index contributed by atoms with van der Waals surface area (Å²) in [6.45, 7) is 5.39. The summed E-state index contributed by atoms with van der Waals surface area (Å²) in [5.41, 5.74) is 0. The highest BCUT2D eigenvalue weighted by atomic mass is 31.1. The molecule has 0 amide bonds. The van der Waals surface area contributed by atoms with Crippen LogP contribution in [0.5, 0.6) is 5.75 Å². The number of hydrogen-bond donors (Lipinski definition) is 0. The maximum absolute atomic E-state index is 5.53. The molecule has 0 spiro atoms. The Balaban J connectivity index is 2.25. The largest absolute Gasteiger partial charge is 0.493 e. The molecule has 0 radical (unpaired) electrons. The van der Waals surface area contributed by atoms with Crippen LogP contribution in [0.3, 0.4) is 0 Å². The van der Waals surface area contributed by atoms with Crippen LogP contribution in [0, 0.1) is 0 Å². The predicted molar refractivity (Wildman–Crippen MR) is 55.6 cm³/mol. The summed E-state index contributed by atoms with van der Waals surface area (Å²) in [6.07, 6.45) is 1.18. The molecule has 12 heavy (non-hydrogen) atoms. The van der Waals surface area contributed by atoms with E-state index in [4.69, 9.17) is 4.74 Å². The Kier molecular flexibility index (Phi) is 4.10. The van der Waals surface area contributed by atoms with Gasteiger partial charge >= 0.3 is 0 Å². The van der Waals surface area contributed by atoms with E-state index in [-0.39, 0.29) is 7.92 Å². The molecule has 0 heterocycles. The molecule has 1 aromatic carbocycles. The van der Waals surface area contributed by atoms with E-state index in [0.717, 1.165) is 12.4 Å². The lowest BCUT2D eigenvalue weighted by molar-refractivity contribution is 0.343. The molecule has 1 rings (SSSR count). The molecule has 0 bridgehead atoms. The average Bonchev–Trinajstić information content (AvgIpc) is 2.05. The Bertz CT molecular complexity index is 208. The Morgan fingerprint density at radius 3 is 2.42 bits per heavy atom. The third kappa shape index (κ3) is 3.73. The first-order valence-corrected chi connectivity index (χ1v) is 6.54. The molecule has 0 N–H and O–H groups in total. The summed E-state index contributed by atoms with van der Waals surface area (Å²) in [7, 11) is 0.178. The van der Waals surface area contributed by atoms with Crippen LogP contribution in [0.4, 0.5) is 0 Å². The smallest absolute Gasteiger partial charge is 0.119 e. The van der Waals surface area contributed by atoms with Gasteiger partial charge in [0.05, 0.1) is 6.61 Å². The van der Waals surface area contributed by atoms with Crippen LogP contribution in [0.1, 0.15) is 0 Å². The molecule has 1 aromatic rings. The number of para-hydroxylation sites is 1. The number of benzene rings is 1. The first-order chi connectivity index (χ1) is 5.79. The topological polar surface area (TPSA) is 9.23 Å². The van der Waals surface area contributed by atoms with Crippen molar-refractivity contribution in [2.45, 2.75) is 0 Å². The van der Waals surface area contributed by atoms with E-state index < -0.39 is 0 Å². The van der Waals surface area contributed by atoms with Gasteiger partial charge in [-0.1, -0.05) is 18.2 Å². The van der Waals surface area contributed by atoms with E-state index in [0.29, 0.717) is 0 Å². The zero-order valence-corrected chi connectivity index (χ0v) is 8.55. The minimum atomic E-state index is 0.178. The Morgan fingerprint density at radius 1 is 1.17 bits per heavy atom. The fourth-order valence-electron chi connectivity index (χ4n) is 0.863. The summed E-state index contributed by atoms with van der Waals surface area (Å²) in [4.78, 5) is 0. The minimum Gasteiger partial charge on any atom is -0.493 e. The van der Waals surface area contributed by atoms with Crippen molar-refractivity contribution in [3.63, 3.8) is 0 Å². The van der Waals surface area contributed by atoms with Gasteiger partial charge in [0.2, 0.25) is 0 Å². The van der Waals surface area contributed by atoms with Crippen molar-refractivity contribution in [1.29, 1.82) is 0 Å². The normalized spacial score (nSPS) is 10.2. The lowest BCUT2D eigenvalue weighted by atomic mass is 10.3. The maximum atomic E-state index is 5.53. The van der Waals surface area contributed by atoms with E-state index in [9.17, 15) is 0 Å². The second-order valence-electron chi connectivity index (χ2n) is 2.96. The maximum Gasteiger partial charge on any atom is 0.119 e. The third-order valence-corrected chi connectivity index (χ3v) is 2.63. The fraction of sp³-hybridized carbons (Fsp3) is 0.400. The van der Waals surface area contributed by atoms with Gasteiger partial charge < -0.3 is 4.74 Å². The molecule has 0 atom stereocenters. The van der Waals surface area contributed by atoms with Gasteiger partial charge in [-0.05, 0) is 25.5 Å². The van der Waals surface area contributed by atoms with E-state index >= 15 is 0 Å². The van der Waals surface area contributed by atoms with Gasteiger partial charge in [-0.3, -0.25) is 0 Å². The predicted octanol–water partition coefficient (Wildman–Crippen LogP) is 2.81. The van der Waals surface area contributed by atoms with Gasteiger partial charge in [-0.2, -0.15) is 0 Å². The van der Waals surface area contributed by atoms with Crippen LogP contribution in [-0.4, -0.2) is 26.1 Å². The van der Waals surface area contributed by atoms with E-state index in [1.54, 1.807) is 0 Å². The SMILES string of the molecule is CP(C)CCOc1ccccc1. The van der Waals surface area contributed by atoms with Crippen molar-refractivity contribution in [1.82, 2.24) is 0 Å². The molecular weight excluding hydrogens is 167 g/mol. The second kappa shape index (κ2) is 5.16. The highest BCUT2D eigenvalue weighted by Crippen LogP contribution is 2.23. The molecule has 0 aromatic heterocycles. The lowest BCUT2D eigenvalue weighted by Crippen LogP contribution is -2.00. The van der Waals surface area contributed by atoms with Crippen LogP contribution in [0.25, 0.3) is 0 Å². The van der Waals surface area contributed by atoms with Crippen LogP contribution in [0.15, 0.2) is 30.3 Å². The number of ether oxygens (including phenoxy) is 1. The van der Waals surface area contributed by atoms with Crippen molar-refractivity contribution >= 4 is 7.92 Å². The van der Waals surface area contributed by atoms with Crippen molar-refractivity contribution < 1.29 is 4.74 Å². The molecule has 0 unspecified atom stereocenters. The Morgan fingerprint density at radius 2 is 1.83 bits per heavy atom. The lowest BCUT2D eigenvalue weighted by Gasteiger charge is -2.07. The van der Waals surface area contributed by atoms with Crippen LogP contribution < -0.4 is 4.74 Å². The summed E-state index contributed by atoms with van der Waals surface area (Å²) < 4.78 is 5.53. The third-order valence-electron chi connectivity index (χ3n) is 1.55. The quantitative estimate of drug-likeness (QED) is 0.650. The number of rotatable bonds is 4.